The molecule has 0 fully saturated rings. The number of para-hydroxylation sites is 1. The molecule has 1 aliphatic heterocycles. The summed E-state index contributed by atoms with van der Waals surface area (Å²) >= 11 is 0. The number of methoxy groups -OCH3 is 1. The summed E-state index contributed by atoms with van der Waals surface area (Å²) in [5, 5.41) is 0. The Morgan fingerprint density at radius 1 is 0.971 bits per heavy atom. The monoisotopic (exact) mass is 473 g/mol. The van der Waals surface area contributed by atoms with Crippen molar-refractivity contribution in [2.24, 2.45) is 0 Å². The Kier molecular flexibility index (Phi) is 8.98. The summed E-state index contributed by atoms with van der Waals surface area (Å²) in [6, 6.07) is 9.52. The maximum absolute atomic E-state index is 14.3. The lowest BCUT2D eigenvalue weighted by atomic mass is 10.1. The largest absolute Gasteiger partial charge is 0.496 e. The first-order chi connectivity index (χ1) is 16.3. The normalized spacial score (nSPS) is 15.8. The first kappa shape index (κ1) is 25.6. The molecule has 0 atom stereocenters. The van der Waals surface area contributed by atoms with Gasteiger partial charge in [-0.1, -0.05) is 25.1 Å². The second-order valence-corrected chi connectivity index (χ2v) is 8.61. The van der Waals surface area contributed by atoms with Crippen molar-refractivity contribution in [2.75, 3.05) is 45.2 Å². The van der Waals surface area contributed by atoms with Gasteiger partial charge in [-0.3, -0.25) is 9.59 Å². The van der Waals surface area contributed by atoms with Crippen LogP contribution in [0.25, 0.3) is 0 Å². The molecule has 2 aromatic rings. The number of ether oxygens (including phenoxy) is 1. The zero-order chi connectivity index (χ0) is 24.7. The Balaban J connectivity index is 1.99. The molecule has 1 aliphatic rings. The number of carbonyl (C=O) groups is 2. The van der Waals surface area contributed by atoms with Crippen LogP contribution < -0.4 is 9.64 Å². The van der Waals surface area contributed by atoms with E-state index in [0.29, 0.717) is 36.5 Å². The van der Waals surface area contributed by atoms with Crippen LogP contribution in [-0.4, -0.2) is 62.0 Å². The van der Waals surface area contributed by atoms with Gasteiger partial charge in [0.1, 0.15) is 5.75 Å². The Morgan fingerprint density at radius 3 is 2.35 bits per heavy atom. The van der Waals surface area contributed by atoms with E-state index in [4.69, 9.17) is 4.74 Å². The highest BCUT2D eigenvalue weighted by Gasteiger charge is 2.24. The van der Waals surface area contributed by atoms with Crippen LogP contribution in [-0.2, 0) is 22.6 Å². The summed E-state index contributed by atoms with van der Waals surface area (Å²) in [7, 11) is 3.56. The Hall–Kier alpha value is -3.00. The maximum Gasteiger partial charge on any atom is 0.227 e. The van der Waals surface area contributed by atoms with Crippen molar-refractivity contribution < 1.29 is 23.1 Å². The second-order valence-electron chi connectivity index (χ2n) is 8.61. The summed E-state index contributed by atoms with van der Waals surface area (Å²) in [5.74, 6) is -1.69. The van der Waals surface area contributed by atoms with Gasteiger partial charge in [-0.05, 0) is 50.7 Å². The molecule has 0 radical (unpaired) electrons. The number of fused-ring (bicyclic) bond motifs is 1. The van der Waals surface area contributed by atoms with Crippen LogP contribution in [0.4, 0.5) is 14.5 Å². The molecule has 0 aliphatic carbocycles. The average Bonchev–Trinajstić information content (AvgIpc) is 2.82. The molecule has 0 bridgehead atoms. The molecule has 0 aromatic heterocycles. The SMILES string of the molecule is CCC(=O)N1CCCN(C)CCCN(C(=O)Cc2ccccc2OC)Cc2cc(F)c(F)cc21. The maximum atomic E-state index is 14.3. The molecule has 0 spiro atoms. The Morgan fingerprint density at radius 2 is 1.65 bits per heavy atom. The van der Waals surface area contributed by atoms with Crippen LogP contribution in [0, 0.1) is 11.6 Å². The first-order valence-electron chi connectivity index (χ1n) is 11.7. The summed E-state index contributed by atoms with van der Waals surface area (Å²) < 4.78 is 34.0. The van der Waals surface area contributed by atoms with Crippen molar-refractivity contribution >= 4 is 17.5 Å². The van der Waals surface area contributed by atoms with Crippen molar-refractivity contribution in [3.63, 3.8) is 0 Å². The van der Waals surface area contributed by atoms with Gasteiger partial charge in [-0.15, -0.1) is 0 Å². The highest BCUT2D eigenvalue weighted by molar-refractivity contribution is 5.94. The van der Waals surface area contributed by atoms with Crippen molar-refractivity contribution in [1.82, 2.24) is 9.80 Å². The molecule has 3 rings (SSSR count). The van der Waals surface area contributed by atoms with E-state index in [1.54, 1.807) is 25.0 Å². The van der Waals surface area contributed by atoms with E-state index in [1.807, 2.05) is 25.2 Å². The highest BCUT2D eigenvalue weighted by Crippen LogP contribution is 2.28. The van der Waals surface area contributed by atoms with Gasteiger partial charge < -0.3 is 19.4 Å². The first-order valence-corrected chi connectivity index (χ1v) is 11.7. The number of hydrogen-bond donors (Lipinski definition) is 0. The number of hydrogen-bond acceptors (Lipinski definition) is 4. The van der Waals surface area contributed by atoms with Crippen LogP contribution in [0.5, 0.6) is 5.75 Å². The quantitative estimate of drug-likeness (QED) is 0.673. The predicted molar refractivity (Wildman–Crippen MR) is 128 cm³/mol. The molecule has 6 nitrogen and oxygen atoms in total. The van der Waals surface area contributed by atoms with Gasteiger partial charge in [0.05, 0.1) is 19.2 Å². The molecule has 1 heterocycles. The number of rotatable bonds is 4. The molecule has 0 unspecified atom stereocenters. The second kappa shape index (κ2) is 11.9. The number of nitrogens with zero attached hydrogens (tertiary/aromatic N) is 3. The smallest absolute Gasteiger partial charge is 0.227 e. The molecule has 2 amide bonds. The van der Waals surface area contributed by atoms with E-state index in [0.717, 1.165) is 37.2 Å². The third-order valence-corrected chi connectivity index (χ3v) is 6.15. The molecule has 0 saturated carbocycles. The van der Waals surface area contributed by atoms with Gasteiger partial charge in [0.15, 0.2) is 11.6 Å². The van der Waals surface area contributed by atoms with Crippen LogP contribution >= 0.6 is 0 Å². The lowest BCUT2D eigenvalue weighted by Crippen LogP contribution is -2.38. The van der Waals surface area contributed by atoms with Crippen LogP contribution in [0.1, 0.15) is 37.3 Å². The van der Waals surface area contributed by atoms with E-state index in [-0.39, 0.29) is 31.2 Å². The molecular weight excluding hydrogens is 440 g/mol. The van der Waals surface area contributed by atoms with Crippen LogP contribution in [0.3, 0.4) is 0 Å². The number of amides is 2. The summed E-state index contributed by atoms with van der Waals surface area (Å²) in [5.41, 5.74) is 1.50. The van der Waals surface area contributed by atoms with E-state index in [1.165, 1.54) is 4.90 Å². The van der Waals surface area contributed by atoms with Crippen LogP contribution in [0.15, 0.2) is 36.4 Å². The molecule has 34 heavy (non-hydrogen) atoms. The molecule has 0 N–H and O–H groups in total. The van der Waals surface area contributed by atoms with E-state index >= 15 is 0 Å². The fourth-order valence-corrected chi connectivity index (χ4v) is 4.29. The lowest BCUT2D eigenvalue weighted by Gasteiger charge is -2.31. The standard InChI is InChI=1S/C26H33F2N3O3/c1-4-25(32)31-14-8-12-29(2)11-7-13-30(18-20-15-21(27)22(28)17-23(20)31)26(33)16-19-9-5-6-10-24(19)34-3/h5-6,9-10,15,17H,4,7-8,11-14,16,18H2,1-3H3. The van der Waals surface area contributed by atoms with E-state index in [2.05, 4.69) is 4.90 Å². The minimum Gasteiger partial charge on any atom is -0.496 e. The molecule has 2 aromatic carbocycles. The average molecular weight is 474 g/mol. The Labute approximate surface area is 200 Å². The third-order valence-electron chi connectivity index (χ3n) is 6.15. The minimum absolute atomic E-state index is 0.0811. The molecule has 8 heteroatoms. The van der Waals surface area contributed by atoms with Gasteiger partial charge in [0.2, 0.25) is 11.8 Å². The third kappa shape index (κ3) is 6.32. The van der Waals surface area contributed by atoms with Crippen molar-refractivity contribution in [1.29, 1.82) is 0 Å². The number of halogens is 2. The number of anilines is 1. The molecule has 184 valence electrons. The van der Waals surface area contributed by atoms with Crippen molar-refractivity contribution in [3.05, 3.63) is 59.2 Å². The summed E-state index contributed by atoms with van der Waals surface area (Å²) in [4.78, 5) is 31.5. The number of benzene rings is 2. The van der Waals surface area contributed by atoms with Crippen molar-refractivity contribution in [2.45, 2.75) is 39.2 Å². The zero-order valence-corrected chi connectivity index (χ0v) is 20.2. The highest BCUT2D eigenvalue weighted by atomic mass is 19.2. The van der Waals surface area contributed by atoms with E-state index in [9.17, 15) is 18.4 Å². The number of carbonyl (C=O) groups excluding carboxylic acids is 2. The lowest BCUT2D eigenvalue weighted by molar-refractivity contribution is -0.131. The van der Waals surface area contributed by atoms with Gasteiger partial charge in [0.25, 0.3) is 0 Å². The fourth-order valence-electron chi connectivity index (χ4n) is 4.29. The summed E-state index contributed by atoms with van der Waals surface area (Å²) in [6.07, 6.45) is 1.81. The van der Waals surface area contributed by atoms with E-state index < -0.39 is 11.6 Å². The predicted octanol–water partition coefficient (Wildman–Crippen LogP) is 4.01. The van der Waals surface area contributed by atoms with Crippen LogP contribution in [0.2, 0.25) is 0 Å². The minimum atomic E-state index is -1.01. The van der Waals surface area contributed by atoms with Gasteiger partial charge in [0, 0.05) is 37.7 Å². The molecule has 0 saturated heterocycles. The zero-order valence-electron chi connectivity index (χ0n) is 20.2. The molecular formula is C26H33F2N3O3. The Bertz CT molecular complexity index is 1010. The van der Waals surface area contributed by atoms with Gasteiger partial charge in [-0.25, -0.2) is 8.78 Å². The topological polar surface area (TPSA) is 53.1 Å². The van der Waals surface area contributed by atoms with Gasteiger partial charge >= 0.3 is 0 Å². The fraction of sp³-hybridized carbons (Fsp3) is 0.462. The van der Waals surface area contributed by atoms with Crippen molar-refractivity contribution in [3.8, 4) is 5.75 Å². The van der Waals surface area contributed by atoms with Gasteiger partial charge in [-0.2, -0.15) is 0 Å². The summed E-state index contributed by atoms with van der Waals surface area (Å²) in [6.45, 7) is 4.21.